The van der Waals surface area contributed by atoms with Crippen LogP contribution in [-0.2, 0) is 11.2 Å². The zero-order valence-electron chi connectivity index (χ0n) is 13.1. The van der Waals surface area contributed by atoms with Crippen LogP contribution in [0.1, 0.15) is 18.4 Å². The number of guanidine groups is 1. The van der Waals surface area contributed by atoms with E-state index in [9.17, 15) is 0 Å². The van der Waals surface area contributed by atoms with Crippen LogP contribution in [0.3, 0.4) is 0 Å². The molecular formula is C17H24ClN3O. The average Bonchev–Trinajstić information content (AvgIpc) is 3.16. The summed E-state index contributed by atoms with van der Waals surface area (Å²) in [6.07, 6.45) is 3.29. The smallest absolute Gasteiger partial charge is 0.193 e. The van der Waals surface area contributed by atoms with Gasteiger partial charge in [0.2, 0.25) is 0 Å². The zero-order valence-corrected chi connectivity index (χ0v) is 13.9. The maximum atomic E-state index is 6.20. The lowest BCUT2D eigenvalue weighted by atomic mass is 9.87. The average molecular weight is 322 g/mol. The number of nitrogens with one attached hydrogen (secondary N) is 1. The number of hydrogen-bond acceptors (Lipinski definition) is 2. The molecule has 120 valence electrons. The summed E-state index contributed by atoms with van der Waals surface area (Å²) in [5.74, 6) is 0.996. The van der Waals surface area contributed by atoms with Crippen molar-refractivity contribution in [3.8, 4) is 0 Å². The van der Waals surface area contributed by atoms with E-state index in [2.05, 4.69) is 21.3 Å². The number of likely N-dealkylation sites (tertiary alicyclic amines) is 1. The molecule has 3 rings (SSSR count). The van der Waals surface area contributed by atoms with Gasteiger partial charge in [0.05, 0.1) is 6.61 Å². The Labute approximate surface area is 137 Å². The molecule has 1 atom stereocenters. The van der Waals surface area contributed by atoms with Gasteiger partial charge in [-0.05, 0) is 30.9 Å². The van der Waals surface area contributed by atoms with Crippen LogP contribution in [0.25, 0.3) is 0 Å². The highest BCUT2D eigenvalue weighted by Gasteiger charge is 2.42. The van der Waals surface area contributed by atoms with Crippen molar-refractivity contribution in [2.45, 2.75) is 19.3 Å². The number of ether oxygens (including phenoxy) is 1. The summed E-state index contributed by atoms with van der Waals surface area (Å²) in [5.41, 5.74) is 1.54. The minimum Gasteiger partial charge on any atom is -0.381 e. The molecule has 1 unspecified atom stereocenters. The molecule has 1 aromatic carbocycles. The van der Waals surface area contributed by atoms with Crippen LogP contribution >= 0.6 is 11.6 Å². The van der Waals surface area contributed by atoms with Crippen LogP contribution < -0.4 is 5.32 Å². The number of nitrogens with zero attached hydrogens (tertiary/aromatic N) is 2. The maximum Gasteiger partial charge on any atom is 0.193 e. The Morgan fingerprint density at radius 3 is 3.00 bits per heavy atom. The third-order valence-corrected chi connectivity index (χ3v) is 5.14. The quantitative estimate of drug-likeness (QED) is 0.686. The summed E-state index contributed by atoms with van der Waals surface area (Å²) in [7, 11) is 1.86. The minimum absolute atomic E-state index is 0.361. The van der Waals surface area contributed by atoms with Gasteiger partial charge >= 0.3 is 0 Å². The van der Waals surface area contributed by atoms with Gasteiger partial charge in [0, 0.05) is 43.7 Å². The molecule has 5 heteroatoms. The van der Waals surface area contributed by atoms with Crippen LogP contribution in [0.15, 0.2) is 29.3 Å². The van der Waals surface area contributed by atoms with E-state index < -0.39 is 0 Å². The summed E-state index contributed by atoms with van der Waals surface area (Å²) in [4.78, 5) is 6.80. The number of aliphatic imine (C=N–C) groups is 1. The van der Waals surface area contributed by atoms with Crippen LogP contribution in [0.4, 0.5) is 0 Å². The van der Waals surface area contributed by atoms with Crippen molar-refractivity contribution in [1.29, 1.82) is 0 Å². The molecule has 2 fully saturated rings. The highest BCUT2D eigenvalue weighted by atomic mass is 35.5. The summed E-state index contributed by atoms with van der Waals surface area (Å²) in [6, 6.07) is 8.01. The van der Waals surface area contributed by atoms with Gasteiger partial charge in [0.15, 0.2) is 5.96 Å². The number of rotatable bonds is 3. The van der Waals surface area contributed by atoms with Crippen molar-refractivity contribution in [2.24, 2.45) is 10.4 Å². The molecule has 2 saturated heterocycles. The summed E-state index contributed by atoms with van der Waals surface area (Å²) in [6.45, 7) is 4.77. The first-order valence-electron chi connectivity index (χ1n) is 7.99. The SMILES string of the molecule is CN=C(NCCc1ccccc1Cl)N1CCC2(CCOC2)C1. The summed E-state index contributed by atoms with van der Waals surface area (Å²) < 4.78 is 5.59. The molecule has 2 aliphatic rings. The van der Waals surface area contributed by atoms with E-state index in [1.165, 1.54) is 18.4 Å². The third-order valence-electron chi connectivity index (χ3n) is 4.77. The van der Waals surface area contributed by atoms with Gasteiger partial charge in [-0.1, -0.05) is 29.8 Å². The highest BCUT2D eigenvalue weighted by molar-refractivity contribution is 6.31. The van der Waals surface area contributed by atoms with Crippen LogP contribution in [0, 0.1) is 5.41 Å². The van der Waals surface area contributed by atoms with Gasteiger partial charge in [-0.2, -0.15) is 0 Å². The molecule has 2 heterocycles. The zero-order chi connectivity index (χ0) is 15.4. The molecule has 1 aromatic rings. The van der Waals surface area contributed by atoms with E-state index >= 15 is 0 Å². The first-order chi connectivity index (χ1) is 10.7. The van der Waals surface area contributed by atoms with Gasteiger partial charge in [-0.3, -0.25) is 4.99 Å². The second kappa shape index (κ2) is 6.88. The van der Waals surface area contributed by atoms with Gasteiger partial charge in [0.1, 0.15) is 0 Å². The first-order valence-corrected chi connectivity index (χ1v) is 8.37. The fourth-order valence-corrected chi connectivity index (χ4v) is 3.66. The Hall–Kier alpha value is -1.26. The third kappa shape index (κ3) is 3.39. The maximum absolute atomic E-state index is 6.20. The van der Waals surface area contributed by atoms with E-state index in [1.807, 2.05) is 25.2 Å². The standard InChI is InChI=1S/C17H24ClN3O/c1-19-16(20-9-6-14-4-2-3-5-15(14)18)21-10-7-17(12-21)8-11-22-13-17/h2-5H,6-13H2,1H3,(H,19,20). The second-order valence-corrected chi connectivity index (χ2v) is 6.70. The van der Waals surface area contributed by atoms with Crippen molar-refractivity contribution < 1.29 is 4.74 Å². The monoisotopic (exact) mass is 321 g/mol. The van der Waals surface area contributed by atoms with Crippen molar-refractivity contribution >= 4 is 17.6 Å². The molecule has 4 nitrogen and oxygen atoms in total. The van der Waals surface area contributed by atoms with Gasteiger partial charge in [0.25, 0.3) is 0 Å². The van der Waals surface area contributed by atoms with Gasteiger partial charge in [-0.25, -0.2) is 0 Å². The van der Waals surface area contributed by atoms with E-state index in [-0.39, 0.29) is 0 Å². The van der Waals surface area contributed by atoms with E-state index in [4.69, 9.17) is 16.3 Å². The second-order valence-electron chi connectivity index (χ2n) is 6.29. The molecule has 0 saturated carbocycles. The molecule has 1 N–H and O–H groups in total. The number of halogens is 1. The van der Waals surface area contributed by atoms with Crippen LogP contribution in [0.2, 0.25) is 5.02 Å². The Balaban J connectivity index is 1.52. The Bertz CT molecular complexity index is 540. The topological polar surface area (TPSA) is 36.9 Å². The van der Waals surface area contributed by atoms with E-state index in [0.29, 0.717) is 5.41 Å². The fourth-order valence-electron chi connectivity index (χ4n) is 3.43. The van der Waals surface area contributed by atoms with Crippen molar-refractivity contribution in [3.63, 3.8) is 0 Å². The molecule has 0 aromatic heterocycles. The minimum atomic E-state index is 0.361. The first kappa shape index (κ1) is 15.6. The number of hydrogen-bond donors (Lipinski definition) is 1. The normalized spacial score (nSPS) is 25.2. The molecular weight excluding hydrogens is 298 g/mol. The number of benzene rings is 1. The molecule has 22 heavy (non-hydrogen) atoms. The summed E-state index contributed by atoms with van der Waals surface area (Å²) >= 11 is 6.20. The molecule has 0 aliphatic carbocycles. The predicted molar refractivity (Wildman–Crippen MR) is 90.6 cm³/mol. The lowest BCUT2D eigenvalue weighted by Crippen LogP contribution is -2.42. The molecule has 0 amide bonds. The fraction of sp³-hybridized carbons (Fsp3) is 0.588. The van der Waals surface area contributed by atoms with Gasteiger partial charge < -0.3 is 15.0 Å². The predicted octanol–water partition coefficient (Wildman–Crippen LogP) is 2.57. The van der Waals surface area contributed by atoms with Crippen LogP contribution in [0.5, 0.6) is 0 Å². The molecule has 1 spiro atoms. The Morgan fingerprint density at radius 2 is 2.27 bits per heavy atom. The van der Waals surface area contributed by atoms with E-state index in [1.54, 1.807) is 0 Å². The summed E-state index contributed by atoms with van der Waals surface area (Å²) in [5, 5.41) is 4.31. The van der Waals surface area contributed by atoms with Crippen LogP contribution in [-0.4, -0.2) is 50.8 Å². The lowest BCUT2D eigenvalue weighted by molar-refractivity contribution is 0.156. The van der Waals surface area contributed by atoms with Crippen molar-refractivity contribution in [2.75, 3.05) is 39.9 Å². The van der Waals surface area contributed by atoms with E-state index in [0.717, 1.165) is 50.3 Å². The Kier molecular flexibility index (Phi) is 4.89. The van der Waals surface area contributed by atoms with Crippen molar-refractivity contribution in [3.05, 3.63) is 34.9 Å². The lowest BCUT2D eigenvalue weighted by Gasteiger charge is -2.25. The highest BCUT2D eigenvalue weighted by Crippen LogP contribution is 2.38. The molecule has 2 aliphatic heterocycles. The van der Waals surface area contributed by atoms with Gasteiger partial charge in [-0.15, -0.1) is 0 Å². The van der Waals surface area contributed by atoms with Crippen molar-refractivity contribution in [1.82, 2.24) is 10.2 Å². The molecule has 0 radical (unpaired) electrons. The largest absolute Gasteiger partial charge is 0.381 e. The molecule has 0 bridgehead atoms. The Morgan fingerprint density at radius 1 is 1.41 bits per heavy atom.